The number of aryl methyl sites for hydroxylation is 1. The van der Waals surface area contributed by atoms with Gasteiger partial charge in [-0.1, -0.05) is 18.2 Å². The predicted molar refractivity (Wildman–Crippen MR) is 81.1 cm³/mol. The van der Waals surface area contributed by atoms with Gasteiger partial charge < -0.3 is 14.4 Å². The molecular weight excluding hydrogens is 296 g/mol. The van der Waals surface area contributed by atoms with Crippen molar-refractivity contribution in [1.82, 2.24) is 20.1 Å². The molecule has 2 atom stereocenters. The molecule has 1 saturated heterocycles. The summed E-state index contributed by atoms with van der Waals surface area (Å²) in [6.07, 6.45) is -0.282. The number of para-hydroxylation sites is 1. The number of morpholine rings is 1. The lowest BCUT2D eigenvalue weighted by Crippen LogP contribution is -2.44. The minimum atomic E-state index is -0.282. The smallest absolute Gasteiger partial charge is 0.233 e. The second-order valence-electron chi connectivity index (χ2n) is 5.82. The van der Waals surface area contributed by atoms with Crippen molar-refractivity contribution in [1.29, 1.82) is 0 Å². The van der Waals surface area contributed by atoms with Crippen LogP contribution < -0.4 is 4.74 Å². The van der Waals surface area contributed by atoms with Crippen LogP contribution in [0, 0.1) is 6.92 Å². The first-order chi connectivity index (χ1) is 11.2. The van der Waals surface area contributed by atoms with Crippen LogP contribution in [-0.2, 0) is 9.53 Å². The Morgan fingerprint density at radius 1 is 1.39 bits per heavy atom. The summed E-state index contributed by atoms with van der Waals surface area (Å²) in [6, 6.07) is 7.72. The average Bonchev–Trinajstić information content (AvgIpc) is 3.20. The van der Waals surface area contributed by atoms with E-state index in [1.807, 2.05) is 36.1 Å². The van der Waals surface area contributed by atoms with Gasteiger partial charge in [0, 0.05) is 12.1 Å². The summed E-state index contributed by atoms with van der Waals surface area (Å²) in [5.74, 6) is 1.99. The zero-order valence-electron chi connectivity index (χ0n) is 12.9. The van der Waals surface area contributed by atoms with Crippen molar-refractivity contribution in [2.45, 2.75) is 18.9 Å². The van der Waals surface area contributed by atoms with Gasteiger partial charge in [0.15, 0.2) is 5.82 Å². The number of amides is 1. The van der Waals surface area contributed by atoms with Gasteiger partial charge in [0.2, 0.25) is 5.91 Å². The van der Waals surface area contributed by atoms with Crippen LogP contribution in [0.1, 0.15) is 29.2 Å². The highest BCUT2D eigenvalue weighted by atomic mass is 16.5. The number of carbonyl (C=O) groups excluding carboxylic acids is 1. The van der Waals surface area contributed by atoms with Gasteiger partial charge in [-0.2, -0.15) is 5.10 Å². The molecule has 0 saturated carbocycles. The number of ether oxygens (including phenoxy) is 2. The number of benzene rings is 1. The van der Waals surface area contributed by atoms with E-state index < -0.39 is 0 Å². The van der Waals surface area contributed by atoms with E-state index >= 15 is 0 Å². The van der Waals surface area contributed by atoms with E-state index in [2.05, 4.69) is 15.2 Å². The van der Waals surface area contributed by atoms with E-state index in [9.17, 15) is 4.79 Å². The molecule has 1 fully saturated rings. The number of nitrogens with one attached hydrogen (secondary N) is 1. The summed E-state index contributed by atoms with van der Waals surface area (Å²) in [5.41, 5.74) is 0.967. The van der Waals surface area contributed by atoms with Gasteiger partial charge in [0.1, 0.15) is 30.2 Å². The second-order valence-corrected chi connectivity index (χ2v) is 5.82. The van der Waals surface area contributed by atoms with Crippen LogP contribution >= 0.6 is 0 Å². The fourth-order valence-electron chi connectivity index (χ4n) is 3.10. The van der Waals surface area contributed by atoms with Gasteiger partial charge in [-0.05, 0) is 13.0 Å². The standard InChI is InChI=1S/C16H18N4O3/c1-10-17-15(19-18-10)14-8-20(6-7-22-14)16(21)12-9-23-13-5-3-2-4-11(12)13/h2-5,12,14H,6-9H2,1H3,(H,17,18,19)/t12-,14+/m1/s1. The summed E-state index contributed by atoms with van der Waals surface area (Å²) in [6.45, 7) is 3.78. The number of hydrogen-bond donors (Lipinski definition) is 1. The van der Waals surface area contributed by atoms with Crippen molar-refractivity contribution in [3.8, 4) is 5.75 Å². The van der Waals surface area contributed by atoms with Gasteiger partial charge in [-0.15, -0.1) is 0 Å². The monoisotopic (exact) mass is 314 g/mol. The lowest BCUT2D eigenvalue weighted by atomic mass is 9.99. The molecule has 0 radical (unpaired) electrons. The molecule has 0 bridgehead atoms. The Balaban J connectivity index is 1.51. The molecule has 7 nitrogen and oxygen atoms in total. The van der Waals surface area contributed by atoms with Crippen LogP contribution in [0.3, 0.4) is 0 Å². The molecule has 3 heterocycles. The molecule has 0 unspecified atom stereocenters. The van der Waals surface area contributed by atoms with E-state index in [4.69, 9.17) is 9.47 Å². The van der Waals surface area contributed by atoms with E-state index in [0.29, 0.717) is 32.1 Å². The molecule has 1 N–H and O–H groups in total. The van der Waals surface area contributed by atoms with Gasteiger partial charge in [0.25, 0.3) is 0 Å². The maximum Gasteiger partial charge on any atom is 0.233 e. The Labute approximate surface area is 133 Å². The first-order valence-electron chi connectivity index (χ1n) is 7.73. The molecule has 1 aromatic carbocycles. The van der Waals surface area contributed by atoms with Crippen LogP contribution in [0.15, 0.2) is 24.3 Å². The minimum Gasteiger partial charge on any atom is -0.492 e. The molecule has 1 amide bonds. The van der Waals surface area contributed by atoms with E-state index in [1.54, 1.807) is 0 Å². The normalized spacial score (nSPS) is 23.4. The zero-order valence-corrected chi connectivity index (χ0v) is 12.9. The molecule has 7 heteroatoms. The Kier molecular flexibility index (Phi) is 3.49. The van der Waals surface area contributed by atoms with Crippen molar-refractivity contribution in [2.75, 3.05) is 26.3 Å². The Morgan fingerprint density at radius 3 is 3.09 bits per heavy atom. The summed E-state index contributed by atoms with van der Waals surface area (Å²) in [4.78, 5) is 19.0. The maximum atomic E-state index is 12.9. The number of aromatic amines is 1. The van der Waals surface area contributed by atoms with Crippen molar-refractivity contribution >= 4 is 5.91 Å². The summed E-state index contributed by atoms with van der Waals surface area (Å²) < 4.78 is 11.3. The lowest BCUT2D eigenvalue weighted by molar-refractivity contribution is -0.141. The first-order valence-corrected chi connectivity index (χ1v) is 7.73. The lowest BCUT2D eigenvalue weighted by Gasteiger charge is -2.33. The molecule has 2 aliphatic heterocycles. The quantitative estimate of drug-likeness (QED) is 0.900. The van der Waals surface area contributed by atoms with E-state index in [1.165, 1.54) is 0 Å². The van der Waals surface area contributed by atoms with Gasteiger partial charge in [-0.3, -0.25) is 9.89 Å². The van der Waals surface area contributed by atoms with Crippen molar-refractivity contribution in [2.24, 2.45) is 0 Å². The van der Waals surface area contributed by atoms with Gasteiger partial charge in [-0.25, -0.2) is 4.98 Å². The fourth-order valence-corrected chi connectivity index (χ4v) is 3.10. The van der Waals surface area contributed by atoms with E-state index in [-0.39, 0.29) is 17.9 Å². The SMILES string of the molecule is Cc1nc([C@@H]2CN(C(=O)[C@@H]3COc4ccccc43)CCO2)n[nH]1. The number of fused-ring (bicyclic) bond motifs is 1. The summed E-state index contributed by atoms with van der Waals surface area (Å²) >= 11 is 0. The fraction of sp³-hybridized carbons (Fsp3) is 0.438. The Bertz CT molecular complexity index is 730. The van der Waals surface area contributed by atoms with E-state index in [0.717, 1.165) is 17.1 Å². The third-order valence-electron chi connectivity index (χ3n) is 4.28. The summed E-state index contributed by atoms with van der Waals surface area (Å²) in [7, 11) is 0. The van der Waals surface area contributed by atoms with Crippen LogP contribution in [0.2, 0.25) is 0 Å². The van der Waals surface area contributed by atoms with Crippen molar-refractivity contribution in [3.05, 3.63) is 41.5 Å². The van der Waals surface area contributed by atoms with Crippen molar-refractivity contribution < 1.29 is 14.3 Å². The average molecular weight is 314 g/mol. The van der Waals surface area contributed by atoms with Crippen molar-refractivity contribution in [3.63, 3.8) is 0 Å². The highest BCUT2D eigenvalue weighted by Crippen LogP contribution is 2.35. The van der Waals surface area contributed by atoms with Gasteiger partial charge >= 0.3 is 0 Å². The largest absolute Gasteiger partial charge is 0.492 e. The Morgan fingerprint density at radius 2 is 2.26 bits per heavy atom. The first kappa shape index (κ1) is 14.2. The van der Waals surface area contributed by atoms with Crippen LogP contribution in [0.25, 0.3) is 0 Å². The molecule has 0 aliphatic carbocycles. The number of H-pyrrole nitrogens is 1. The van der Waals surface area contributed by atoms with Crippen LogP contribution in [-0.4, -0.2) is 52.3 Å². The highest BCUT2D eigenvalue weighted by Gasteiger charge is 2.36. The minimum absolute atomic E-state index is 0.0792. The third kappa shape index (κ3) is 2.57. The molecule has 23 heavy (non-hydrogen) atoms. The molecule has 1 aromatic heterocycles. The third-order valence-corrected chi connectivity index (χ3v) is 4.28. The van der Waals surface area contributed by atoms with Crippen LogP contribution in [0.4, 0.5) is 0 Å². The molecular formula is C16H18N4O3. The number of nitrogens with zero attached hydrogens (tertiary/aromatic N) is 3. The summed E-state index contributed by atoms with van der Waals surface area (Å²) in [5, 5.41) is 6.96. The Hall–Kier alpha value is -2.41. The molecule has 4 rings (SSSR count). The molecule has 2 aliphatic rings. The van der Waals surface area contributed by atoms with Gasteiger partial charge in [0.05, 0.1) is 13.2 Å². The highest BCUT2D eigenvalue weighted by molar-refractivity contribution is 5.85. The topological polar surface area (TPSA) is 80.3 Å². The van der Waals surface area contributed by atoms with Crippen LogP contribution in [0.5, 0.6) is 5.75 Å². The molecule has 120 valence electrons. The predicted octanol–water partition coefficient (Wildman–Crippen LogP) is 1.19. The maximum absolute atomic E-state index is 12.9. The molecule has 2 aromatic rings. The number of hydrogen-bond acceptors (Lipinski definition) is 5. The zero-order chi connectivity index (χ0) is 15.8. The number of aromatic nitrogens is 3. The second kappa shape index (κ2) is 5.66. The molecule has 0 spiro atoms. The number of carbonyl (C=O) groups is 1. The number of rotatable bonds is 2.